The summed E-state index contributed by atoms with van der Waals surface area (Å²) in [5, 5.41) is 2.99. The number of rotatable bonds is 4. The zero-order valence-corrected chi connectivity index (χ0v) is 9.95. The molecule has 1 aromatic heterocycles. The normalized spacial score (nSPS) is 17.0. The summed E-state index contributed by atoms with van der Waals surface area (Å²) in [4.78, 5) is 15.9. The molecule has 1 aliphatic rings. The number of carbonyl (C=O) groups is 1. The Morgan fingerprint density at radius 1 is 1.47 bits per heavy atom. The molecule has 5 heteroatoms. The Morgan fingerprint density at radius 3 is 2.94 bits per heavy atom. The number of nitrogens with one attached hydrogen (secondary N) is 1. The molecule has 0 unspecified atom stereocenters. The van der Waals surface area contributed by atoms with Crippen molar-refractivity contribution in [2.45, 2.75) is 44.6 Å². The lowest BCUT2D eigenvalue weighted by atomic mass is 9.95. The molecule has 0 aliphatic heterocycles. The number of nitrogens with zero attached hydrogens (tertiary/aromatic N) is 1. The fourth-order valence-electron chi connectivity index (χ4n) is 2.16. The number of carbonyl (C=O) groups excluding carboxylic acids is 1. The van der Waals surface area contributed by atoms with Crippen molar-refractivity contribution in [3.8, 4) is 0 Å². The van der Waals surface area contributed by atoms with Crippen LogP contribution in [0.4, 0.5) is 0 Å². The molecule has 1 amide bonds. The van der Waals surface area contributed by atoms with Crippen molar-refractivity contribution in [2.75, 3.05) is 6.54 Å². The molecule has 1 heterocycles. The minimum Gasteiger partial charge on any atom is -0.436 e. The van der Waals surface area contributed by atoms with E-state index in [-0.39, 0.29) is 5.91 Å². The quantitative estimate of drug-likeness (QED) is 0.825. The average molecular weight is 237 g/mol. The van der Waals surface area contributed by atoms with Crippen LogP contribution in [0.25, 0.3) is 0 Å². The van der Waals surface area contributed by atoms with Gasteiger partial charge in [0.2, 0.25) is 5.76 Å². The number of hydrogen-bond acceptors (Lipinski definition) is 4. The van der Waals surface area contributed by atoms with E-state index >= 15 is 0 Å². The maximum absolute atomic E-state index is 11.9. The van der Waals surface area contributed by atoms with Crippen LogP contribution in [0.15, 0.2) is 10.6 Å². The molecule has 0 radical (unpaired) electrons. The Labute approximate surface area is 101 Å². The minimum absolute atomic E-state index is 0.160. The van der Waals surface area contributed by atoms with Gasteiger partial charge in [0, 0.05) is 19.0 Å². The second kappa shape index (κ2) is 5.82. The predicted molar refractivity (Wildman–Crippen MR) is 63.6 cm³/mol. The predicted octanol–water partition coefficient (Wildman–Crippen LogP) is 1.24. The van der Waals surface area contributed by atoms with Crippen LogP contribution >= 0.6 is 0 Å². The number of amides is 1. The maximum Gasteiger partial charge on any atom is 0.288 e. The van der Waals surface area contributed by atoms with Crippen molar-refractivity contribution in [1.29, 1.82) is 0 Å². The van der Waals surface area contributed by atoms with Gasteiger partial charge in [-0.2, -0.15) is 0 Å². The van der Waals surface area contributed by atoms with Crippen LogP contribution in [-0.2, 0) is 6.42 Å². The third-order valence-corrected chi connectivity index (χ3v) is 3.08. The highest BCUT2D eigenvalue weighted by molar-refractivity contribution is 5.91. The van der Waals surface area contributed by atoms with Gasteiger partial charge in [-0.1, -0.05) is 19.3 Å². The van der Waals surface area contributed by atoms with Gasteiger partial charge in [-0.05, 0) is 12.8 Å². The molecule has 0 aromatic carbocycles. The fourth-order valence-corrected chi connectivity index (χ4v) is 2.16. The van der Waals surface area contributed by atoms with E-state index in [1.54, 1.807) is 0 Å². The summed E-state index contributed by atoms with van der Waals surface area (Å²) >= 11 is 0. The zero-order chi connectivity index (χ0) is 12.1. The summed E-state index contributed by atoms with van der Waals surface area (Å²) in [6.45, 7) is 0.476. The Bertz CT molecular complexity index is 370. The van der Waals surface area contributed by atoms with Gasteiger partial charge in [-0.15, -0.1) is 0 Å². The molecule has 2 rings (SSSR count). The molecule has 0 spiro atoms. The van der Waals surface area contributed by atoms with E-state index in [1.165, 1.54) is 25.5 Å². The molecule has 94 valence electrons. The van der Waals surface area contributed by atoms with Crippen LogP contribution in [0.5, 0.6) is 0 Å². The first-order valence-electron chi connectivity index (χ1n) is 6.25. The van der Waals surface area contributed by atoms with Crippen LogP contribution in [0.1, 0.15) is 48.5 Å². The first-order chi connectivity index (χ1) is 8.29. The second-order valence-electron chi connectivity index (χ2n) is 4.47. The van der Waals surface area contributed by atoms with Gasteiger partial charge in [0.15, 0.2) is 5.89 Å². The Morgan fingerprint density at radius 2 is 2.24 bits per heavy atom. The molecule has 5 nitrogen and oxygen atoms in total. The highest BCUT2D eigenvalue weighted by atomic mass is 16.4. The van der Waals surface area contributed by atoms with Crippen molar-refractivity contribution < 1.29 is 9.21 Å². The highest BCUT2D eigenvalue weighted by Crippen LogP contribution is 2.18. The molecule has 1 fully saturated rings. The topological polar surface area (TPSA) is 81.1 Å². The molecular weight excluding hydrogens is 218 g/mol. The molecule has 0 bridgehead atoms. The molecule has 1 aliphatic carbocycles. The second-order valence-corrected chi connectivity index (χ2v) is 4.47. The molecule has 0 saturated heterocycles. The van der Waals surface area contributed by atoms with Gasteiger partial charge in [0.25, 0.3) is 5.91 Å². The monoisotopic (exact) mass is 237 g/mol. The van der Waals surface area contributed by atoms with Gasteiger partial charge in [-0.3, -0.25) is 4.79 Å². The number of hydrogen-bond donors (Lipinski definition) is 2. The van der Waals surface area contributed by atoms with E-state index in [9.17, 15) is 4.79 Å². The van der Waals surface area contributed by atoms with Crippen molar-refractivity contribution >= 4 is 5.91 Å². The number of nitrogens with two attached hydrogens (primary N) is 1. The van der Waals surface area contributed by atoms with Crippen LogP contribution < -0.4 is 11.1 Å². The van der Waals surface area contributed by atoms with Gasteiger partial charge >= 0.3 is 0 Å². The summed E-state index contributed by atoms with van der Waals surface area (Å²) in [7, 11) is 0. The third kappa shape index (κ3) is 3.30. The van der Waals surface area contributed by atoms with Crippen LogP contribution in [-0.4, -0.2) is 23.5 Å². The standard InChI is InChI=1S/C12H19N3O2/c13-7-6-11-14-8-10(17-11)12(16)15-9-4-2-1-3-5-9/h8-9H,1-7,13H2,(H,15,16). The summed E-state index contributed by atoms with van der Waals surface area (Å²) in [5.41, 5.74) is 5.39. The van der Waals surface area contributed by atoms with Gasteiger partial charge in [0.1, 0.15) is 0 Å². The van der Waals surface area contributed by atoms with Gasteiger partial charge in [0.05, 0.1) is 6.20 Å². The van der Waals surface area contributed by atoms with Crippen molar-refractivity contribution in [3.63, 3.8) is 0 Å². The molecular formula is C12H19N3O2. The van der Waals surface area contributed by atoms with E-state index < -0.39 is 0 Å². The van der Waals surface area contributed by atoms with Crippen LogP contribution in [0.3, 0.4) is 0 Å². The average Bonchev–Trinajstić information content (AvgIpc) is 2.79. The van der Waals surface area contributed by atoms with E-state index in [2.05, 4.69) is 10.3 Å². The summed E-state index contributed by atoms with van der Waals surface area (Å²) in [6, 6.07) is 0.291. The highest BCUT2D eigenvalue weighted by Gasteiger charge is 2.19. The lowest BCUT2D eigenvalue weighted by Crippen LogP contribution is -2.35. The molecule has 1 saturated carbocycles. The molecule has 0 atom stereocenters. The first-order valence-corrected chi connectivity index (χ1v) is 6.25. The van der Waals surface area contributed by atoms with Gasteiger partial charge < -0.3 is 15.5 Å². The van der Waals surface area contributed by atoms with E-state index in [0.29, 0.717) is 30.7 Å². The minimum atomic E-state index is -0.160. The molecule has 17 heavy (non-hydrogen) atoms. The Hall–Kier alpha value is -1.36. The summed E-state index contributed by atoms with van der Waals surface area (Å²) in [6.07, 6.45) is 7.83. The summed E-state index contributed by atoms with van der Waals surface area (Å²) < 4.78 is 5.32. The van der Waals surface area contributed by atoms with E-state index in [4.69, 9.17) is 10.2 Å². The number of aromatic nitrogens is 1. The van der Waals surface area contributed by atoms with Crippen molar-refractivity contribution in [2.24, 2.45) is 5.73 Å². The Kier molecular flexibility index (Phi) is 4.14. The van der Waals surface area contributed by atoms with Crippen LogP contribution in [0.2, 0.25) is 0 Å². The van der Waals surface area contributed by atoms with Crippen molar-refractivity contribution in [3.05, 3.63) is 17.8 Å². The first kappa shape index (κ1) is 12.1. The van der Waals surface area contributed by atoms with E-state index in [0.717, 1.165) is 12.8 Å². The zero-order valence-electron chi connectivity index (χ0n) is 9.95. The van der Waals surface area contributed by atoms with Crippen molar-refractivity contribution in [1.82, 2.24) is 10.3 Å². The van der Waals surface area contributed by atoms with Gasteiger partial charge in [-0.25, -0.2) is 4.98 Å². The SMILES string of the molecule is NCCc1ncc(C(=O)NC2CCCCC2)o1. The third-order valence-electron chi connectivity index (χ3n) is 3.08. The lowest BCUT2D eigenvalue weighted by molar-refractivity contribution is 0.0897. The summed E-state index contributed by atoms with van der Waals surface area (Å²) in [5.74, 6) is 0.660. The Balaban J connectivity index is 1.89. The molecule has 1 aromatic rings. The maximum atomic E-state index is 11.9. The smallest absolute Gasteiger partial charge is 0.288 e. The van der Waals surface area contributed by atoms with E-state index in [1.807, 2.05) is 0 Å². The largest absolute Gasteiger partial charge is 0.436 e. The van der Waals surface area contributed by atoms with Crippen LogP contribution in [0, 0.1) is 0 Å². The lowest BCUT2D eigenvalue weighted by Gasteiger charge is -2.21. The fraction of sp³-hybridized carbons (Fsp3) is 0.667. The molecule has 3 N–H and O–H groups in total. The number of oxazole rings is 1.